The quantitative estimate of drug-likeness (QED) is 0.452. The zero-order valence-corrected chi connectivity index (χ0v) is 12.1. The van der Waals surface area contributed by atoms with Crippen LogP contribution in [0.3, 0.4) is 0 Å². The van der Waals surface area contributed by atoms with E-state index in [0.717, 1.165) is 0 Å². The van der Waals surface area contributed by atoms with Gasteiger partial charge in [-0.25, -0.2) is 9.59 Å². The number of hydrogen-bond donors (Lipinski definition) is 4. The summed E-state index contributed by atoms with van der Waals surface area (Å²) in [7, 11) is 1.43. The van der Waals surface area contributed by atoms with Crippen LogP contribution in [-0.4, -0.2) is 65.2 Å². The van der Waals surface area contributed by atoms with Gasteiger partial charge < -0.3 is 25.7 Å². The van der Waals surface area contributed by atoms with Crippen LogP contribution >= 0.6 is 0 Å². The molecule has 0 rings (SSSR count). The molecule has 0 radical (unpaired) electrons. The molecule has 9 heteroatoms. The number of carboxylic acid groups (broad SMARTS) is 2. The lowest BCUT2D eigenvalue weighted by Crippen LogP contribution is -2.50. The van der Waals surface area contributed by atoms with Crippen molar-refractivity contribution < 1.29 is 29.4 Å². The van der Waals surface area contributed by atoms with Crippen LogP contribution in [0.2, 0.25) is 0 Å². The van der Waals surface area contributed by atoms with Crippen molar-refractivity contribution in [1.29, 1.82) is 0 Å². The number of urea groups is 1. The first-order valence-electron chi connectivity index (χ1n) is 6.52. The van der Waals surface area contributed by atoms with Crippen molar-refractivity contribution in [2.75, 3.05) is 20.1 Å². The first kappa shape index (κ1) is 18.7. The second-order valence-corrected chi connectivity index (χ2v) is 4.37. The number of carboxylic acids is 2. The molecule has 0 aliphatic heterocycles. The van der Waals surface area contributed by atoms with E-state index in [1.165, 1.54) is 11.9 Å². The fraction of sp³-hybridized carbons (Fsp3) is 0.667. The smallest absolute Gasteiger partial charge is 0.326 e. The van der Waals surface area contributed by atoms with Crippen LogP contribution in [0.1, 0.15) is 26.2 Å². The Kier molecular flexibility index (Phi) is 8.51. The Morgan fingerprint density at radius 2 is 1.81 bits per heavy atom. The maximum atomic E-state index is 12.0. The molecule has 0 aliphatic carbocycles. The minimum atomic E-state index is -1.32. The molecule has 3 amide bonds. The molecule has 0 aliphatic rings. The van der Waals surface area contributed by atoms with Crippen LogP contribution in [0, 0.1) is 0 Å². The van der Waals surface area contributed by atoms with Gasteiger partial charge in [0.1, 0.15) is 12.6 Å². The number of nitrogens with zero attached hydrogens (tertiary/aromatic N) is 1. The van der Waals surface area contributed by atoms with Crippen LogP contribution in [0.25, 0.3) is 0 Å². The second kappa shape index (κ2) is 9.56. The number of aliphatic carboxylic acids is 2. The normalized spacial score (nSPS) is 11.3. The van der Waals surface area contributed by atoms with Gasteiger partial charge in [0, 0.05) is 20.0 Å². The highest BCUT2D eigenvalue weighted by atomic mass is 16.4. The van der Waals surface area contributed by atoms with Gasteiger partial charge in [-0.1, -0.05) is 6.92 Å². The summed E-state index contributed by atoms with van der Waals surface area (Å²) < 4.78 is 0. The van der Waals surface area contributed by atoms with Crippen molar-refractivity contribution in [3.8, 4) is 0 Å². The van der Waals surface area contributed by atoms with Crippen LogP contribution in [-0.2, 0) is 14.4 Å². The van der Waals surface area contributed by atoms with Gasteiger partial charge in [-0.3, -0.25) is 9.59 Å². The van der Waals surface area contributed by atoms with Gasteiger partial charge in [-0.05, 0) is 12.8 Å². The van der Waals surface area contributed by atoms with E-state index in [4.69, 9.17) is 10.2 Å². The molecule has 21 heavy (non-hydrogen) atoms. The Balaban J connectivity index is 4.69. The zero-order chi connectivity index (χ0) is 16.4. The number of amides is 3. The fourth-order valence-corrected chi connectivity index (χ4v) is 1.54. The molecule has 0 bridgehead atoms. The van der Waals surface area contributed by atoms with Crippen LogP contribution in [0.4, 0.5) is 4.79 Å². The lowest BCUT2D eigenvalue weighted by atomic mass is 10.1. The fourth-order valence-electron chi connectivity index (χ4n) is 1.54. The van der Waals surface area contributed by atoms with E-state index in [2.05, 4.69) is 10.6 Å². The van der Waals surface area contributed by atoms with E-state index in [1.807, 2.05) is 6.92 Å². The zero-order valence-electron chi connectivity index (χ0n) is 12.1. The second-order valence-electron chi connectivity index (χ2n) is 4.37. The van der Waals surface area contributed by atoms with Crippen LogP contribution in [0.5, 0.6) is 0 Å². The molecule has 0 saturated heterocycles. The van der Waals surface area contributed by atoms with Crippen molar-refractivity contribution in [2.45, 2.75) is 32.2 Å². The highest BCUT2D eigenvalue weighted by molar-refractivity contribution is 5.86. The van der Waals surface area contributed by atoms with Crippen molar-refractivity contribution in [2.24, 2.45) is 0 Å². The summed E-state index contributed by atoms with van der Waals surface area (Å²) in [5.74, 6) is -2.84. The molecular formula is C12H21N3O6. The molecule has 0 aromatic rings. The molecule has 0 saturated carbocycles. The molecule has 0 heterocycles. The molecule has 1 unspecified atom stereocenters. The Morgan fingerprint density at radius 1 is 1.19 bits per heavy atom. The first-order valence-corrected chi connectivity index (χ1v) is 6.52. The molecule has 0 aromatic carbocycles. The summed E-state index contributed by atoms with van der Waals surface area (Å²) in [4.78, 5) is 45.9. The lowest BCUT2D eigenvalue weighted by molar-refractivity contribution is -0.140. The van der Waals surface area contributed by atoms with Crippen LogP contribution < -0.4 is 10.6 Å². The van der Waals surface area contributed by atoms with Gasteiger partial charge in [-0.2, -0.15) is 0 Å². The average Bonchev–Trinajstić information content (AvgIpc) is 2.41. The molecule has 0 aromatic heterocycles. The van der Waals surface area contributed by atoms with E-state index in [1.54, 1.807) is 0 Å². The van der Waals surface area contributed by atoms with E-state index in [-0.39, 0.29) is 31.8 Å². The molecular weight excluding hydrogens is 282 g/mol. The van der Waals surface area contributed by atoms with Crippen LogP contribution in [0.15, 0.2) is 0 Å². The standard InChI is InChI=1S/C12H21N3O6/c1-3-6-15(7-9(16)13-2)12(21)14-8(11(19)20)4-5-10(17)18/h8H,3-7H2,1-2H3,(H,13,16)(H,14,21)(H,17,18)(H,19,20). The van der Waals surface area contributed by atoms with Gasteiger partial charge in [-0.15, -0.1) is 0 Å². The summed E-state index contributed by atoms with van der Waals surface area (Å²) in [6.07, 6.45) is -0.00586. The van der Waals surface area contributed by atoms with E-state index in [0.29, 0.717) is 6.42 Å². The highest BCUT2D eigenvalue weighted by Gasteiger charge is 2.24. The van der Waals surface area contributed by atoms with E-state index in [9.17, 15) is 19.2 Å². The topological polar surface area (TPSA) is 136 Å². The van der Waals surface area contributed by atoms with Crippen molar-refractivity contribution in [1.82, 2.24) is 15.5 Å². The maximum absolute atomic E-state index is 12.0. The molecule has 120 valence electrons. The number of hydrogen-bond acceptors (Lipinski definition) is 4. The third kappa shape index (κ3) is 7.75. The largest absolute Gasteiger partial charge is 0.481 e. The summed E-state index contributed by atoms with van der Waals surface area (Å²) in [5.41, 5.74) is 0. The monoisotopic (exact) mass is 303 g/mol. The molecule has 1 atom stereocenters. The third-order valence-corrected chi connectivity index (χ3v) is 2.64. The first-order chi connectivity index (χ1) is 9.81. The summed E-state index contributed by atoms with van der Waals surface area (Å²) in [5, 5.41) is 22.1. The Hall–Kier alpha value is -2.32. The minimum absolute atomic E-state index is 0.193. The molecule has 4 N–H and O–H groups in total. The Labute approximate surface area is 122 Å². The van der Waals surface area contributed by atoms with Gasteiger partial charge >= 0.3 is 18.0 Å². The number of carbonyl (C=O) groups is 4. The number of nitrogens with one attached hydrogen (secondary N) is 2. The SMILES string of the molecule is CCCN(CC(=O)NC)C(=O)NC(CCC(=O)O)C(=O)O. The Morgan fingerprint density at radius 3 is 2.24 bits per heavy atom. The summed E-state index contributed by atoms with van der Waals surface area (Å²) in [6.45, 7) is 1.90. The van der Waals surface area contributed by atoms with Crippen molar-refractivity contribution >= 4 is 23.9 Å². The highest BCUT2D eigenvalue weighted by Crippen LogP contribution is 2.01. The van der Waals surface area contributed by atoms with Crippen molar-refractivity contribution in [3.05, 3.63) is 0 Å². The van der Waals surface area contributed by atoms with Gasteiger partial charge in [0.25, 0.3) is 0 Å². The Bertz CT molecular complexity index is 398. The molecule has 9 nitrogen and oxygen atoms in total. The van der Waals surface area contributed by atoms with E-state index >= 15 is 0 Å². The lowest BCUT2D eigenvalue weighted by Gasteiger charge is -2.24. The predicted octanol–water partition coefficient (Wildman–Crippen LogP) is -0.528. The van der Waals surface area contributed by atoms with Crippen molar-refractivity contribution in [3.63, 3.8) is 0 Å². The maximum Gasteiger partial charge on any atom is 0.326 e. The third-order valence-electron chi connectivity index (χ3n) is 2.64. The summed E-state index contributed by atoms with van der Waals surface area (Å²) in [6, 6.07) is -2.02. The number of rotatable bonds is 9. The average molecular weight is 303 g/mol. The molecule has 0 fully saturated rings. The van der Waals surface area contributed by atoms with Gasteiger partial charge in [0.15, 0.2) is 0 Å². The molecule has 0 spiro atoms. The van der Waals surface area contributed by atoms with Gasteiger partial charge in [0.05, 0.1) is 0 Å². The predicted molar refractivity (Wildman–Crippen MR) is 72.8 cm³/mol. The van der Waals surface area contributed by atoms with Gasteiger partial charge in [0.2, 0.25) is 5.91 Å². The van der Waals surface area contributed by atoms with E-state index < -0.39 is 24.0 Å². The summed E-state index contributed by atoms with van der Waals surface area (Å²) >= 11 is 0. The number of likely N-dealkylation sites (N-methyl/N-ethyl adjacent to an activating group) is 1. The minimum Gasteiger partial charge on any atom is -0.481 e. The number of carbonyl (C=O) groups excluding carboxylic acids is 2.